The lowest BCUT2D eigenvalue weighted by molar-refractivity contribution is 0.628. The van der Waals surface area contributed by atoms with Crippen LogP contribution in [0.5, 0.6) is 0 Å². The van der Waals surface area contributed by atoms with Crippen LogP contribution in [0.25, 0.3) is 11.4 Å². The number of nitrogens with zero attached hydrogens (tertiary/aromatic N) is 2. The number of rotatable bonds is 2. The van der Waals surface area contributed by atoms with E-state index in [1.807, 2.05) is 0 Å². The van der Waals surface area contributed by atoms with Crippen LogP contribution in [0.15, 0.2) is 18.2 Å². The van der Waals surface area contributed by atoms with Gasteiger partial charge in [-0.25, -0.2) is 14.4 Å². The fraction of sp³-hybridized carbons (Fsp3) is 0.333. The predicted octanol–water partition coefficient (Wildman–Crippen LogP) is 5.90. The van der Waals surface area contributed by atoms with Crippen LogP contribution < -0.4 is 0 Å². The summed E-state index contributed by atoms with van der Waals surface area (Å²) in [4.78, 5) is 8.55. The van der Waals surface area contributed by atoms with Gasteiger partial charge in [-0.2, -0.15) is 0 Å². The van der Waals surface area contributed by atoms with Gasteiger partial charge < -0.3 is 0 Å². The molecule has 110 valence electrons. The summed E-state index contributed by atoms with van der Waals surface area (Å²) in [6.45, 7) is 0. The second kappa shape index (κ2) is 6.07. The van der Waals surface area contributed by atoms with Crippen LogP contribution in [0, 0.1) is 5.82 Å². The molecule has 3 rings (SSSR count). The van der Waals surface area contributed by atoms with Crippen LogP contribution in [0.4, 0.5) is 4.39 Å². The second-order valence-electron chi connectivity index (χ2n) is 5.18. The summed E-state index contributed by atoms with van der Waals surface area (Å²) >= 11 is 18.4. The maximum Gasteiger partial charge on any atom is 0.162 e. The molecule has 2 nitrogen and oxygen atoms in total. The van der Waals surface area contributed by atoms with Gasteiger partial charge in [0.2, 0.25) is 0 Å². The third kappa shape index (κ3) is 3.15. The minimum atomic E-state index is -0.451. The fourth-order valence-electron chi connectivity index (χ4n) is 2.78. The quantitative estimate of drug-likeness (QED) is 0.633. The molecule has 1 heterocycles. The number of halogens is 4. The van der Waals surface area contributed by atoms with Gasteiger partial charge in [-0.3, -0.25) is 0 Å². The molecule has 1 aliphatic rings. The predicted molar refractivity (Wildman–Crippen MR) is 83.7 cm³/mol. The van der Waals surface area contributed by atoms with Crippen molar-refractivity contribution in [2.45, 2.75) is 31.6 Å². The number of benzene rings is 1. The van der Waals surface area contributed by atoms with Crippen molar-refractivity contribution in [2.24, 2.45) is 0 Å². The summed E-state index contributed by atoms with van der Waals surface area (Å²) in [5.41, 5.74) is 1.27. The maximum absolute atomic E-state index is 13.4. The van der Waals surface area contributed by atoms with E-state index in [0.29, 0.717) is 21.8 Å². The normalized spacial score (nSPS) is 15.6. The summed E-state index contributed by atoms with van der Waals surface area (Å²) in [5.74, 6) is 0.150. The first-order valence-corrected chi connectivity index (χ1v) is 7.87. The summed E-state index contributed by atoms with van der Waals surface area (Å²) < 4.78 is 13.4. The second-order valence-corrected chi connectivity index (χ2v) is 6.33. The Kier molecular flexibility index (Phi) is 4.34. The van der Waals surface area contributed by atoms with E-state index in [1.165, 1.54) is 25.0 Å². The highest BCUT2D eigenvalue weighted by atomic mass is 35.5. The van der Waals surface area contributed by atoms with Crippen molar-refractivity contribution >= 4 is 34.8 Å². The molecule has 0 unspecified atom stereocenters. The van der Waals surface area contributed by atoms with Crippen LogP contribution >= 0.6 is 34.8 Å². The van der Waals surface area contributed by atoms with E-state index in [9.17, 15) is 4.39 Å². The van der Waals surface area contributed by atoms with Gasteiger partial charge in [-0.1, -0.05) is 47.6 Å². The van der Waals surface area contributed by atoms with Crippen molar-refractivity contribution in [2.75, 3.05) is 0 Å². The fourth-order valence-corrected chi connectivity index (χ4v) is 3.70. The molecular weight excluding hydrogens is 334 g/mol. The van der Waals surface area contributed by atoms with Crippen molar-refractivity contribution < 1.29 is 4.39 Å². The first kappa shape index (κ1) is 15.0. The monoisotopic (exact) mass is 344 g/mol. The van der Waals surface area contributed by atoms with E-state index in [1.54, 1.807) is 6.07 Å². The molecule has 21 heavy (non-hydrogen) atoms. The Morgan fingerprint density at radius 1 is 0.952 bits per heavy atom. The molecule has 0 aliphatic heterocycles. The molecular formula is C15H12Cl3FN2. The smallest absolute Gasteiger partial charge is 0.162 e. The first-order chi connectivity index (χ1) is 10.0. The molecule has 0 N–H and O–H groups in total. The maximum atomic E-state index is 13.4. The van der Waals surface area contributed by atoms with Crippen molar-refractivity contribution in [3.63, 3.8) is 0 Å². The minimum Gasteiger partial charge on any atom is -0.216 e. The molecule has 2 aromatic rings. The van der Waals surface area contributed by atoms with Gasteiger partial charge in [-0.05, 0) is 37.0 Å². The Balaban J connectivity index is 2.05. The lowest BCUT2D eigenvalue weighted by Crippen LogP contribution is -2.01. The van der Waals surface area contributed by atoms with Crippen LogP contribution in [0.1, 0.15) is 37.2 Å². The van der Waals surface area contributed by atoms with E-state index in [4.69, 9.17) is 34.8 Å². The average Bonchev–Trinajstić information content (AvgIpc) is 2.90. The lowest BCUT2D eigenvalue weighted by atomic mass is 10.0. The van der Waals surface area contributed by atoms with Gasteiger partial charge in [-0.15, -0.1) is 0 Å². The highest BCUT2D eigenvalue weighted by Crippen LogP contribution is 2.40. The first-order valence-electron chi connectivity index (χ1n) is 6.74. The summed E-state index contributed by atoms with van der Waals surface area (Å²) in [6.07, 6.45) is 4.43. The van der Waals surface area contributed by atoms with Crippen LogP contribution in [-0.2, 0) is 0 Å². The topological polar surface area (TPSA) is 25.8 Å². The molecule has 0 atom stereocenters. The molecule has 1 saturated carbocycles. The highest BCUT2D eigenvalue weighted by molar-refractivity contribution is 6.35. The molecule has 1 fully saturated rings. The molecule has 0 saturated heterocycles. The van der Waals surface area contributed by atoms with Gasteiger partial charge >= 0.3 is 0 Å². The SMILES string of the molecule is Fc1cc(Cl)cc(-c2nc(Cl)c(C3CCCC3)c(Cl)n2)c1. The van der Waals surface area contributed by atoms with Crippen LogP contribution in [0.2, 0.25) is 15.3 Å². The van der Waals surface area contributed by atoms with Gasteiger partial charge in [0.05, 0.1) is 0 Å². The Morgan fingerprint density at radius 3 is 2.14 bits per heavy atom. The standard InChI is InChI=1S/C15H12Cl3FN2/c16-10-5-9(6-11(19)7-10)15-20-13(17)12(14(18)21-15)8-3-1-2-4-8/h5-8H,1-4H2. The highest BCUT2D eigenvalue weighted by Gasteiger charge is 2.24. The van der Waals surface area contributed by atoms with E-state index in [0.717, 1.165) is 18.4 Å². The van der Waals surface area contributed by atoms with Crippen LogP contribution in [-0.4, -0.2) is 9.97 Å². The van der Waals surface area contributed by atoms with E-state index in [-0.39, 0.29) is 10.8 Å². The lowest BCUT2D eigenvalue weighted by Gasteiger charge is -2.13. The minimum absolute atomic E-state index is 0.278. The Hall–Kier alpha value is -0.900. The zero-order chi connectivity index (χ0) is 15.0. The van der Waals surface area contributed by atoms with Gasteiger partial charge in [0.25, 0.3) is 0 Å². The Morgan fingerprint density at radius 2 is 1.57 bits per heavy atom. The van der Waals surface area contributed by atoms with Gasteiger partial charge in [0, 0.05) is 16.1 Å². The number of aromatic nitrogens is 2. The van der Waals surface area contributed by atoms with Crippen molar-refractivity contribution in [3.8, 4) is 11.4 Å². The van der Waals surface area contributed by atoms with Crippen LogP contribution in [0.3, 0.4) is 0 Å². The molecule has 0 bridgehead atoms. The molecule has 0 amide bonds. The Labute approximate surface area is 137 Å². The van der Waals surface area contributed by atoms with E-state index in [2.05, 4.69) is 9.97 Å². The van der Waals surface area contributed by atoms with Gasteiger partial charge in [0.1, 0.15) is 16.1 Å². The Bertz CT molecular complexity index is 641. The zero-order valence-corrected chi connectivity index (χ0v) is 13.3. The number of hydrogen-bond donors (Lipinski definition) is 0. The molecule has 1 aromatic heterocycles. The average molecular weight is 346 g/mol. The van der Waals surface area contributed by atoms with E-state index < -0.39 is 5.82 Å². The van der Waals surface area contributed by atoms with Crippen molar-refractivity contribution in [3.05, 3.63) is 44.9 Å². The summed E-state index contributed by atoms with van der Waals surface area (Å²) in [5, 5.41) is 0.968. The zero-order valence-electron chi connectivity index (χ0n) is 11.0. The van der Waals surface area contributed by atoms with E-state index >= 15 is 0 Å². The number of hydrogen-bond acceptors (Lipinski definition) is 2. The third-order valence-electron chi connectivity index (χ3n) is 3.74. The molecule has 1 aromatic carbocycles. The largest absolute Gasteiger partial charge is 0.216 e. The van der Waals surface area contributed by atoms with Crippen molar-refractivity contribution in [1.82, 2.24) is 9.97 Å². The molecule has 6 heteroatoms. The third-order valence-corrected chi connectivity index (χ3v) is 4.53. The van der Waals surface area contributed by atoms with Crippen molar-refractivity contribution in [1.29, 1.82) is 0 Å². The molecule has 1 aliphatic carbocycles. The molecule has 0 radical (unpaired) electrons. The molecule has 0 spiro atoms. The summed E-state index contributed by atoms with van der Waals surface area (Å²) in [6, 6.07) is 4.12. The van der Waals surface area contributed by atoms with Gasteiger partial charge in [0.15, 0.2) is 5.82 Å². The summed E-state index contributed by atoms with van der Waals surface area (Å²) in [7, 11) is 0.